The number of rotatable bonds is 6. The van der Waals surface area contributed by atoms with Crippen LogP contribution in [0, 0.1) is 5.92 Å². The zero-order valence-electron chi connectivity index (χ0n) is 16.4. The van der Waals surface area contributed by atoms with E-state index in [4.69, 9.17) is 9.72 Å². The van der Waals surface area contributed by atoms with Crippen molar-refractivity contribution in [3.63, 3.8) is 0 Å². The highest BCUT2D eigenvalue weighted by Crippen LogP contribution is 2.35. The van der Waals surface area contributed by atoms with Crippen LogP contribution in [-0.4, -0.2) is 16.7 Å². The molecule has 4 heteroatoms. The summed E-state index contributed by atoms with van der Waals surface area (Å²) >= 11 is 0. The van der Waals surface area contributed by atoms with Gasteiger partial charge in [-0.25, -0.2) is 4.98 Å². The van der Waals surface area contributed by atoms with Crippen LogP contribution in [0.25, 0.3) is 22.2 Å². The molecule has 0 spiro atoms. The Hall–Kier alpha value is -2.85. The molecule has 1 aliphatic rings. The largest absolute Gasteiger partial charge is 0.469 e. The highest BCUT2D eigenvalue weighted by atomic mass is 16.5. The van der Waals surface area contributed by atoms with E-state index < -0.39 is 0 Å². The predicted octanol–water partition coefficient (Wildman–Crippen LogP) is 5.16. The number of pyridine rings is 1. The van der Waals surface area contributed by atoms with Crippen LogP contribution in [0.2, 0.25) is 0 Å². The second-order valence-electron chi connectivity index (χ2n) is 7.59. The van der Waals surface area contributed by atoms with Gasteiger partial charge >= 0.3 is 0 Å². The smallest absolute Gasteiger partial charge is 0.196 e. The number of hydrogen-bond acceptors (Lipinski definition) is 4. The molecule has 1 aromatic heterocycles. The number of aromatic nitrogens is 1. The lowest BCUT2D eigenvalue weighted by Crippen LogP contribution is -2.17. The SMILES string of the molecule is CC(C)CC1=C(CCO)OC(c2cccc3nc(-c4ccccc4)ccc23)N1. The van der Waals surface area contributed by atoms with Crippen molar-refractivity contribution < 1.29 is 9.84 Å². The lowest BCUT2D eigenvalue weighted by atomic mass is 10.0. The zero-order chi connectivity index (χ0) is 19.5. The topological polar surface area (TPSA) is 54.4 Å². The molecular formula is C24H26N2O2. The molecule has 2 aromatic carbocycles. The van der Waals surface area contributed by atoms with Crippen LogP contribution in [0.4, 0.5) is 0 Å². The molecule has 3 aromatic rings. The van der Waals surface area contributed by atoms with Gasteiger partial charge < -0.3 is 15.2 Å². The molecule has 28 heavy (non-hydrogen) atoms. The van der Waals surface area contributed by atoms with Crippen molar-refractivity contribution in [1.82, 2.24) is 10.3 Å². The average Bonchev–Trinajstić information content (AvgIpc) is 3.09. The predicted molar refractivity (Wildman–Crippen MR) is 112 cm³/mol. The molecule has 4 rings (SSSR count). The fourth-order valence-electron chi connectivity index (χ4n) is 3.69. The molecule has 1 unspecified atom stereocenters. The van der Waals surface area contributed by atoms with E-state index in [2.05, 4.69) is 49.5 Å². The highest BCUT2D eigenvalue weighted by Gasteiger charge is 2.27. The molecule has 1 aliphatic heterocycles. The molecule has 0 amide bonds. The number of allylic oxidation sites excluding steroid dienone is 1. The van der Waals surface area contributed by atoms with Crippen LogP contribution in [0.5, 0.6) is 0 Å². The first-order valence-corrected chi connectivity index (χ1v) is 9.87. The summed E-state index contributed by atoms with van der Waals surface area (Å²) in [7, 11) is 0. The van der Waals surface area contributed by atoms with Gasteiger partial charge in [0, 0.05) is 22.9 Å². The van der Waals surface area contributed by atoms with E-state index in [0.29, 0.717) is 12.3 Å². The molecule has 144 valence electrons. The van der Waals surface area contributed by atoms with Crippen LogP contribution in [0.3, 0.4) is 0 Å². The minimum Gasteiger partial charge on any atom is -0.469 e. The lowest BCUT2D eigenvalue weighted by molar-refractivity contribution is 0.116. The van der Waals surface area contributed by atoms with Crippen molar-refractivity contribution in [3.05, 3.63) is 77.7 Å². The van der Waals surface area contributed by atoms with Gasteiger partial charge in [0.2, 0.25) is 0 Å². The zero-order valence-corrected chi connectivity index (χ0v) is 16.4. The normalized spacial score (nSPS) is 16.5. The van der Waals surface area contributed by atoms with Crippen molar-refractivity contribution in [2.75, 3.05) is 6.61 Å². The fraction of sp³-hybridized carbons (Fsp3) is 0.292. The van der Waals surface area contributed by atoms with Gasteiger partial charge in [-0.2, -0.15) is 0 Å². The van der Waals surface area contributed by atoms with Gasteiger partial charge in [-0.3, -0.25) is 0 Å². The molecule has 1 atom stereocenters. The summed E-state index contributed by atoms with van der Waals surface area (Å²) in [4.78, 5) is 4.86. The van der Waals surface area contributed by atoms with E-state index in [1.54, 1.807) is 0 Å². The highest BCUT2D eigenvalue weighted by molar-refractivity contribution is 5.85. The fourth-order valence-corrected chi connectivity index (χ4v) is 3.69. The summed E-state index contributed by atoms with van der Waals surface area (Å²) < 4.78 is 6.21. The summed E-state index contributed by atoms with van der Waals surface area (Å²) in [6, 6.07) is 20.5. The van der Waals surface area contributed by atoms with Crippen LogP contribution in [0.15, 0.2) is 72.1 Å². The maximum Gasteiger partial charge on any atom is 0.196 e. The Balaban J connectivity index is 1.66. The van der Waals surface area contributed by atoms with Crippen LogP contribution in [0.1, 0.15) is 38.5 Å². The molecule has 2 heterocycles. The molecule has 0 saturated carbocycles. The van der Waals surface area contributed by atoms with Gasteiger partial charge in [0.05, 0.1) is 23.5 Å². The van der Waals surface area contributed by atoms with Crippen LogP contribution >= 0.6 is 0 Å². The third-order valence-electron chi connectivity index (χ3n) is 4.97. The van der Waals surface area contributed by atoms with Crippen molar-refractivity contribution in [2.24, 2.45) is 5.92 Å². The second kappa shape index (κ2) is 8.03. The van der Waals surface area contributed by atoms with Gasteiger partial charge in [-0.15, -0.1) is 0 Å². The molecule has 0 saturated heterocycles. The second-order valence-corrected chi connectivity index (χ2v) is 7.59. The monoisotopic (exact) mass is 374 g/mol. The van der Waals surface area contributed by atoms with Gasteiger partial charge in [-0.05, 0) is 24.5 Å². The third-order valence-corrected chi connectivity index (χ3v) is 4.97. The van der Waals surface area contributed by atoms with Gasteiger partial charge in [-0.1, -0.05) is 62.4 Å². The molecule has 2 N–H and O–H groups in total. The first kappa shape index (κ1) is 18.5. The molecule has 4 nitrogen and oxygen atoms in total. The van der Waals surface area contributed by atoms with E-state index in [9.17, 15) is 5.11 Å². The number of benzene rings is 2. The molecule has 0 fully saturated rings. The van der Waals surface area contributed by atoms with E-state index in [1.165, 1.54) is 0 Å². The maximum absolute atomic E-state index is 9.39. The molecule has 0 radical (unpaired) electrons. The number of hydrogen-bond donors (Lipinski definition) is 2. The summed E-state index contributed by atoms with van der Waals surface area (Å²) in [6.07, 6.45) is 1.20. The number of aliphatic hydroxyl groups is 1. The quantitative estimate of drug-likeness (QED) is 0.626. The average molecular weight is 374 g/mol. The maximum atomic E-state index is 9.39. The summed E-state index contributed by atoms with van der Waals surface area (Å²) in [6.45, 7) is 4.46. The first-order valence-electron chi connectivity index (χ1n) is 9.87. The number of nitrogens with zero attached hydrogens (tertiary/aromatic N) is 1. The summed E-state index contributed by atoms with van der Waals surface area (Å²) in [5.41, 5.74) is 5.19. The Labute approximate surface area is 165 Å². The van der Waals surface area contributed by atoms with E-state index in [-0.39, 0.29) is 12.8 Å². The van der Waals surface area contributed by atoms with Crippen LogP contribution < -0.4 is 5.32 Å². The number of nitrogens with one attached hydrogen (secondary N) is 1. The van der Waals surface area contributed by atoms with Crippen molar-refractivity contribution in [3.8, 4) is 11.3 Å². The Morgan fingerprint density at radius 3 is 2.61 bits per heavy atom. The Morgan fingerprint density at radius 2 is 1.86 bits per heavy atom. The Bertz CT molecular complexity index is 996. The van der Waals surface area contributed by atoms with E-state index in [1.807, 2.05) is 30.3 Å². The Kier molecular flexibility index (Phi) is 5.31. The number of ether oxygens (including phenoxy) is 1. The lowest BCUT2D eigenvalue weighted by Gasteiger charge is -2.16. The molecule has 0 aliphatic carbocycles. The van der Waals surface area contributed by atoms with Gasteiger partial charge in [0.1, 0.15) is 5.76 Å². The Morgan fingerprint density at radius 1 is 1.04 bits per heavy atom. The van der Waals surface area contributed by atoms with Crippen LogP contribution in [-0.2, 0) is 4.74 Å². The minimum atomic E-state index is -0.247. The third kappa shape index (κ3) is 3.73. The standard InChI is InChI=1S/C24H26N2O2/c1-16(2)15-22-23(13-14-27)28-24(26-22)19-9-6-10-21-18(19)11-12-20(25-21)17-7-4-3-5-8-17/h3-12,16,24,26-27H,13-15H2,1-2H3. The molecule has 0 bridgehead atoms. The first-order chi connectivity index (χ1) is 13.7. The van der Waals surface area contributed by atoms with E-state index in [0.717, 1.165) is 45.6 Å². The number of aliphatic hydroxyl groups excluding tert-OH is 1. The van der Waals surface area contributed by atoms with Crippen molar-refractivity contribution >= 4 is 10.9 Å². The molecular weight excluding hydrogens is 348 g/mol. The summed E-state index contributed by atoms with van der Waals surface area (Å²) in [5.74, 6) is 1.38. The van der Waals surface area contributed by atoms with Crippen molar-refractivity contribution in [1.29, 1.82) is 0 Å². The minimum absolute atomic E-state index is 0.0862. The summed E-state index contributed by atoms with van der Waals surface area (Å²) in [5, 5.41) is 14.0. The van der Waals surface area contributed by atoms with Gasteiger partial charge in [0.25, 0.3) is 0 Å². The number of fused-ring (bicyclic) bond motifs is 1. The van der Waals surface area contributed by atoms with Gasteiger partial charge in [0.15, 0.2) is 6.23 Å². The van der Waals surface area contributed by atoms with E-state index >= 15 is 0 Å². The van der Waals surface area contributed by atoms with Crippen molar-refractivity contribution in [2.45, 2.75) is 32.9 Å².